The summed E-state index contributed by atoms with van der Waals surface area (Å²) in [5.41, 5.74) is 0. The van der Waals surface area contributed by atoms with Crippen molar-refractivity contribution in [3.8, 4) is 0 Å². The molecule has 2 atom stereocenters. The highest BCUT2D eigenvalue weighted by Crippen LogP contribution is 2.11. The van der Waals surface area contributed by atoms with E-state index in [0.717, 1.165) is 9.52 Å². The molecule has 0 aromatic carbocycles. The Balaban J connectivity index is 2.56. The maximum atomic E-state index is 4.21. The molecule has 0 aliphatic heterocycles. The molecule has 1 aromatic heterocycles. The summed E-state index contributed by atoms with van der Waals surface area (Å²) in [5, 5.41) is 3.29. The van der Waals surface area contributed by atoms with Crippen LogP contribution in [0.4, 0.5) is 5.95 Å². The van der Waals surface area contributed by atoms with Gasteiger partial charge in [-0.1, -0.05) is 20.3 Å². The van der Waals surface area contributed by atoms with Crippen LogP contribution >= 0.6 is 22.6 Å². The molecule has 1 rings (SSSR count). The Morgan fingerprint density at radius 3 is 2.43 bits per heavy atom. The third-order valence-corrected chi connectivity index (χ3v) is 3.03. The number of hydrogen-bond donors (Lipinski definition) is 1. The maximum Gasteiger partial charge on any atom is 0.222 e. The molecule has 0 saturated carbocycles. The lowest BCUT2D eigenvalue weighted by atomic mass is 10.0. The van der Waals surface area contributed by atoms with E-state index < -0.39 is 0 Å². The molecule has 1 N–H and O–H groups in total. The highest BCUT2D eigenvalue weighted by molar-refractivity contribution is 14.1. The van der Waals surface area contributed by atoms with E-state index in [0.29, 0.717) is 12.0 Å². The third-order valence-electron chi connectivity index (χ3n) is 2.47. The first kappa shape index (κ1) is 11.7. The van der Waals surface area contributed by atoms with Crippen molar-refractivity contribution in [1.82, 2.24) is 9.97 Å². The van der Waals surface area contributed by atoms with E-state index in [1.165, 1.54) is 6.42 Å². The van der Waals surface area contributed by atoms with E-state index in [4.69, 9.17) is 0 Å². The Morgan fingerprint density at radius 1 is 1.36 bits per heavy atom. The van der Waals surface area contributed by atoms with E-state index in [1.54, 1.807) is 0 Å². The van der Waals surface area contributed by atoms with Crippen molar-refractivity contribution < 1.29 is 0 Å². The number of halogens is 1. The van der Waals surface area contributed by atoms with Crippen LogP contribution in [0.1, 0.15) is 27.2 Å². The molecule has 0 saturated heterocycles. The molecule has 14 heavy (non-hydrogen) atoms. The van der Waals surface area contributed by atoms with Gasteiger partial charge in [0, 0.05) is 22.0 Å². The van der Waals surface area contributed by atoms with Gasteiger partial charge in [-0.05, 0) is 35.4 Å². The summed E-state index contributed by atoms with van der Waals surface area (Å²) in [6.07, 6.45) is 4.80. The molecule has 1 heterocycles. The Kier molecular flexibility index (Phi) is 4.57. The van der Waals surface area contributed by atoms with Crippen molar-refractivity contribution in [3.05, 3.63) is 16.0 Å². The largest absolute Gasteiger partial charge is 0.352 e. The van der Waals surface area contributed by atoms with Crippen LogP contribution in [-0.2, 0) is 0 Å². The van der Waals surface area contributed by atoms with Gasteiger partial charge in [-0.15, -0.1) is 0 Å². The van der Waals surface area contributed by atoms with Gasteiger partial charge in [0.25, 0.3) is 0 Å². The van der Waals surface area contributed by atoms with Gasteiger partial charge in [0.15, 0.2) is 0 Å². The third kappa shape index (κ3) is 3.40. The lowest BCUT2D eigenvalue weighted by Gasteiger charge is -2.19. The van der Waals surface area contributed by atoms with Gasteiger partial charge >= 0.3 is 0 Å². The highest BCUT2D eigenvalue weighted by atomic mass is 127. The smallest absolute Gasteiger partial charge is 0.222 e. The summed E-state index contributed by atoms with van der Waals surface area (Å²) >= 11 is 2.20. The van der Waals surface area contributed by atoms with Crippen molar-refractivity contribution in [3.63, 3.8) is 0 Å². The summed E-state index contributed by atoms with van der Waals surface area (Å²) in [6, 6.07) is 0.417. The number of rotatable bonds is 4. The van der Waals surface area contributed by atoms with Crippen LogP contribution < -0.4 is 5.32 Å². The lowest BCUT2D eigenvalue weighted by Crippen LogP contribution is -2.24. The van der Waals surface area contributed by atoms with Crippen molar-refractivity contribution in [2.24, 2.45) is 5.92 Å². The van der Waals surface area contributed by atoms with Crippen molar-refractivity contribution in [2.75, 3.05) is 5.32 Å². The second-order valence-electron chi connectivity index (χ2n) is 3.54. The van der Waals surface area contributed by atoms with Crippen molar-refractivity contribution in [2.45, 2.75) is 33.2 Å². The predicted octanol–water partition coefficient (Wildman–Crippen LogP) is 2.93. The minimum Gasteiger partial charge on any atom is -0.352 e. The first-order valence-electron chi connectivity index (χ1n) is 4.87. The van der Waals surface area contributed by atoms with Gasteiger partial charge in [0.1, 0.15) is 0 Å². The van der Waals surface area contributed by atoms with Gasteiger partial charge in [0.2, 0.25) is 5.95 Å². The SMILES string of the molecule is CCC(C)C(C)Nc1ncc(I)cn1. The van der Waals surface area contributed by atoms with Crippen molar-refractivity contribution >= 4 is 28.5 Å². The number of hydrogen-bond acceptors (Lipinski definition) is 3. The molecule has 0 fully saturated rings. The molecular formula is C10H16IN3. The van der Waals surface area contributed by atoms with Gasteiger partial charge in [-0.2, -0.15) is 0 Å². The Labute approximate surface area is 98.9 Å². The average molecular weight is 305 g/mol. The number of nitrogens with one attached hydrogen (secondary N) is 1. The fourth-order valence-corrected chi connectivity index (χ4v) is 1.36. The molecule has 0 spiro atoms. The van der Waals surface area contributed by atoms with Crippen LogP contribution in [0.15, 0.2) is 12.4 Å². The van der Waals surface area contributed by atoms with Gasteiger partial charge in [0.05, 0.1) is 0 Å². The fourth-order valence-electron chi connectivity index (χ4n) is 1.09. The van der Waals surface area contributed by atoms with Gasteiger partial charge < -0.3 is 5.32 Å². The molecule has 2 unspecified atom stereocenters. The first-order chi connectivity index (χ1) is 6.63. The highest BCUT2D eigenvalue weighted by Gasteiger charge is 2.10. The molecule has 0 aliphatic carbocycles. The quantitative estimate of drug-likeness (QED) is 0.869. The molecule has 0 bridgehead atoms. The first-order valence-corrected chi connectivity index (χ1v) is 5.95. The van der Waals surface area contributed by atoms with Crippen LogP contribution in [0.25, 0.3) is 0 Å². The second-order valence-corrected chi connectivity index (χ2v) is 4.79. The summed E-state index contributed by atoms with van der Waals surface area (Å²) in [7, 11) is 0. The molecule has 0 aliphatic rings. The summed E-state index contributed by atoms with van der Waals surface area (Å²) in [4.78, 5) is 8.41. The monoisotopic (exact) mass is 305 g/mol. The molecule has 78 valence electrons. The molecular weight excluding hydrogens is 289 g/mol. The van der Waals surface area contributed by atoms with Crippen molar-refractivity contribution in [1.29, 1.82) is 0 Å². The van der Waals surface area contributed by atoms with E-state index in [1.807, 2.05) is 12.4 Å². The minimum atomic E-state index is 0.417. The second kappa shape index (κ2) is 5.48. The van der Waals surface area contributed by atoms with Crippen LogP contribution in [0.2, 0.25) is 0 Å². The summed E-state index contributed by atoms with van der Waals surface area (Å²) in [6.45, 7) is 6.58. The fraction of sp³-hybridized carbons (Fsp3) is 0.600. The van der Waals surface area contributed by atoms with Crippen LogP contribution in [0, 0.1) is 9.49 Å². The number of nitrogens with zero attached hydrogens (tertiary/aromatic N) is 2. The molecule has 4 heteroatoms. The molecule has 0 radical (unpaired) electrons. The van der Waals surface area contributed by atoms with Gasteiger partial charge in [-0.25, -0.2) is 9.97 Å². The summed E-state index contributed by atoms with van der Waals surface area (Å²) < 4.78 is 1.06. The van der Waals surface area contributed by atoms with E-state index in [2.05, 4.69) is 58.6 Å². The summed E-state index contributed by atoms with van der Waals surface area (Å²) in [5.74, 6) is 1.36. The maximum absolute atomic E-state index is 4.21. The van der Waals surface area contributed by atoms with E-state index in [9.17, 15) is 0 Å². The minimum absolute atomic E-state index is 0.417. The number of anilines is 1. The average Bonchev–Trinajstić information content (AvgIpc) is 2.20. The normalized spacial score (nSPS) is 14.9. The zero-order valence-corrected chi connectivity index (χ0v) is 10.9. The van der Waals surface area contributed by atoms with Crippen LogP contribution in [0.5, 0.6) is 0 Å². The Morgan fingerprint density at radius 2 is 1.93 bits per heavy atom. The van der Waals surface area contributed by atoms with E-state index >= 15 is 0 Å². The standard InChI is InChI=1S/C10H16IN3/c1-4-7(2)8(3)14-10-12-5-9(11)6-13-10/h5-8H,4H2,1-3H3,(H,12,13,14). The predicted molar refractivity (Wildman–Crippen MR) is 67.3 cm³/mol. The zero-order chi connectivity index (χ0) is 10.6. The molecule has 0 amide bonds. The Hall–Kier alpha value is -0.390. The topological polar surface area (TPSA) is 37.8 Å². The number of aromatic nitrogens is 2. The lowest BCUT2D eigenvalue weighted by molar-refractivity contribution is 0.492. The van der Waals surface area contributed by atoms with Crippen LogP contribution in [0.3, 0.4) is 0 Å². The van der Waals surface area contributed by atoms with E-state index in [-0.39, 0.29) is 0 Å². The molecule has 1 aromatic rings. The van der Waals surface area contributed by atoms with Crippen LogP contribution in [-0.4, -0.2) is 16.0 Å². The van der Waals surface area contributed by atoms with Gasteiger partial charge in [-0.3, -0.25) is 0 Å². The Bertz CT molecular complexity index is 273. The molecule has 3 nitrogen and oxygen atoms in total. The zero-order valence-electron chi connectivity index (χ0n) is 8.79.